The Morgan fingerprint density at radius 2 is 2.14 bits per heavy atom. The number of allylic oxidation sites excluding steroid dienone is 1. The Morgan fingerprint density at radius 1 is 1.33 bits per heavy atom. The molecule has 3 heteroatoms. The summed E-state index contributed by atoms with van der Waals surface area (Å²) in [6.45, 7) is 7.05. The van der Waals surface area contributed by atoms with Crippen LogP contribution in [0.1, 0.15) is 31.7 Å². The lowest BCUT2D eigenvalue weighted by molar-refractivity contribution is 0.120. The number of hydrogen-bond donors (Lipinski definition) is 2. The van der Waals surface area contributed by atoms with Gasteiger partial charge >= 0.3 is 0 Å². The predicted octanol–water partition coefficient (Wildman–Crippen LogP) is 2.54. The number of likely N-dealkylation sites (tertiary alicyclic amines) is 1. The monoisotopic (exact) mass is 287 g/mol. The van der Waals surface area contributed by atoms with Gasteiger partial charge < -0.3 is 11.1 Å². The molecule has 1 aliphatic rings. The zero-order valence-corrected chi connectivity index (χ0v) is 13.2. The highest BCUT2D eigenvalue weighted by molar-refractivity contribution is 5.15. The normalized spacial score (nSPS) is 23.7. The summed E-state index contributed by atoms with van der Waals surface area (Å²) in [6, 6.07) is 10.7. The van der Waals surface area contributed by atoms with E-state index in [2.05, 4.69) is 59.6 Å². The largest absolute Gasteiger partial charge is 0.329 e. The lowest BCUT2D eigenvalue weighted by Crippen LogP contribution is -2.61. The fourth-order valence-corrected chi connectivity index (χ4v) is 3.17. The fraction of sp³-hybridized carbons (Fsp3) is 0.556. The van der Waals surface area contributed by atoms with Crippen molar-refractivity contribution in [2.45, 2.75) is 38.3 Å². The maximum absolute atomic E-state index is 6.10. The van der Waals surface area contributed by atoms with E-state index in [9.17, 15) is 0 Å². The van der Waals surface area contributed by atoms with E-state index < -0.39 is 0 Å². The highest BCUT2D eigenvalue weighted by Gasteiger charge is 2.33. The molecule has 0 aromatic heterocycles. The Balaban J connectivity index is 1.90. The van der Waals surface area contributed by atoms with Crippen LogP contribution in [0.5, 0.6) is 0 Å². The summed E-state index contributed by atoms with van der Waals surface area (Å²) < 4.78 is 0. The van der Waals surface area contributed by atoms with Crippen molar-refractivity contribution in [3.63, 3.8) is 0 Å². The summed E-state index contributed by atoms with van der Waals surface area (Å²) in [5, 5.41) is 3.72. The first-order chi connectivity index (χ1) is 10.3. The van der Waals surface area contributed by atoms with Crippen LogP contribution in [0.3, 0.4) is 0 Å². The SMILES string of the molecule is C/C=C/CCNC1(CN)CCCN(Cc2ccccc2)C1. The molecule has 0 saturated carbocycles. The van der Waals surface area contributed by atoms with Gasteiger partial charge in [0.05, 0.1) is 0 Å². The molecule has 1 fully saturated rings. The van der Waals surface area contributed by atoms with E-state index in [1.807, 2.05) is 0 Å². The summed E-state index contributed by atoms with van der Waals surface area (Å²) in [4.78, 5) is 2.54. The second kappa shape index (κ2) is 8.32. The molecular weight excluding hydrogens is 258 g/mol. The van der Waals surface area contributed by atoms with Crippen molar-refractivity contribution in [3.05, 3.63) is 48.0 Å². The third-order valence-corrected chi connectivity index (χ3v) is 4.34. The van der Waals surface area contributed by atoms with Crippen LogP contribution in [0, 0.1) is 0 Å². The van der Waals surface area contributed by atoms with Gasteiger partial charge in [0.25, 0.3) is 0 Å². The van der Waals surface area contributed by atoms with Gasteiger partial charge in [-0.2, -0.15) is 0 Å². The number of rotatable bonds is 7. The second-order valence-corrected chi connectivity index (χ2v) is 6.07. The third kappa shape index (κ3) is 4.95. The maximum Gasteiger partial charge on any atom is 0.0433 e. The molecule has 3 nitrogen and oxygen atoms in total. The lowest BCUT2D eigenvalue weighted by atomic mass is 9.88. The minimum atomic E-state index is 0.0919. The number of benzene rings is 1. The Hall–Kier alpha value is -1.16. The Labute approximate surface area is 129 Å². The standard InChI is InChI=1S/C18H29N3/c1-2-3-7-12-20-18(15-19)11-8-13-21(16-18)14-17-9-5-4-6-10-17/h2-6,9-10,20H,7-8,11-16,19H2,1H3/b3-2+. The molecule has 1 heterocycles. The van der Waals surface area contributed by atoms with E-state index in [0.717, 1.165) is 26.1 Å². The van der Waals surface area contributed by atoms with Gasteiger partial charge in [0, 0.05) is 25.2 Å². The summed E-state index contributed by atoms with van der Waals surface area (Å²) in [7, 11) is 0. The van der Waals surface area contributed by atoms with Crippen LogP contribution in [0.25, 0.3) is 0 Å². The smallest absolute Gasteiger partial charge is 0.0433 e. The fourth-order valence-electron chi connectivity index (χ4n) is 3.17. The maximum atomic E-state index is 6.10. The molecule has 0 spiro atoms. The van der Waals surface area contributed by atoms with Gasteiger partial charge in [0.2, 0.25) is 0 Å². The molecule has 1 aliphatic heterocycles. The number of piperidine rings is 1. The minimum absolute atomic E-state index is 0.0919. The van der Waals surface area contributed by atoms with Crippen molar-refractivity contribution in [2.75, 3.05) is 26.2 Å². The van der Waals surface area contributed by atoms with Crippen molar-refractivity contribution in [3.8, 4) is 0 Å². The lowest BCUT2D eigenvalue weighted by Gasteiger charge is -2.43. The van der Waals surface area contributed by atoms with Crippen molar-refractivity contribution in [1.82, 2.24) is 10.2 Å². The predicted molar refractivity (Wildman–Crippen MR) is 90.2 cm³/mol. The Kier molecular flexibility index (Phi) is 6.43. The molecule has 116 valence electrons. The molecule has 3 N–H and O–H groups in total. The molecule has 0 radical (unpaired) electrons. The van der Waals surface area contributed by atoms with Gasteiger partial charge in [0.15, 0.2) is 0 Å². The molecule has 0 aliphatic carbocycles. The van der Waals surface area contributed by atoms with Gasteiger partial charge in [-0.15, -0.1) is 0 Å². The van der Waals surface area contributed by atoms with E-state index in [0.29, 0.717) is 6.54 Å². The molecule has 1 saturated heterocycles. The number of hydrogen-bond acceptors (Lipinski definition) is 3. The van der Waals surface area contributed by atoms with Crippen molar-refractivity contribution >= 4 is 0 Å². The number of nitrogens with one attached hydrogen (secondary N) is 1. The molecule has 1 aromatic rings. The number of nitrogens with zero attached hydrogens (tertiary/aromatic N) is 1. The van der Waals surface area contributed by atoms with Gasteiger partial charge in [-0.25, -0.2) is 0 Å². The highest BCUT2D eigenvalue weighted by atomic mass is 15.2. The quantitative estimate of drug-likeness (QED) is 0.598. The van der Waals surface area contributed by atoms with Crippen molar-refractivity contribution < 1.29 is 0 Å². The molecule has 1 aromatic carbocycles. The molecule has 1 atom stereocenters. The van der Waals surface area contributed by atoms with E-state index in [1.165, 1.54) is 24.9 Å². The van der Waals surface area contributed by atoms with E-state index in [4.69, 9.17) is 5.73 Å². The van der Waals surface area contributed by atoms with Crippen LogP contribution in [0.2, 0.25) is 0 Å². The van der Waals surface area contributed by atoms with Crippen LogP contribution in [-0.2, 0) is 6.54 Å². The van der Waals surface area contributed by atoms with Gasteiger partial charge in [-0.05, 0) is 44.8 Å². The Bertz CT molecular complexity index is 429. The summed E-state index contributed by atoms with van der Waals surface area (Å²) in [6.07, 6.45) is 7.81. The zero-order chi connectivity index (χ0) is 15.0. The molecule has 21 heavy (non-hydrogen) atoms. The molecule has 0 bridgehead atoms. The summed E-state index contributed by atoms with van der Waals surface area (Å²) in [5.41, 5.74) is 7.58. The second-order valence-electron chi connectivity index (χ2n) is 6.07. The molecule has 1 unspecified atom stereocenters. The number of nitrogens with two attached hydrogens (primary N) is 1. The molecule has 2 rings (SSSR count). The van der Waals surface area contributed by atoms with Crippen LogP contribution in [0.15, 0.2) is 42.5 Å². The van der Waals surface area contributed by atoms with Crippen LogP contribution in [-0.4, -0.2) is 36.6 Å². The summed E-state index contributed by atoms with van der Waals surface area (Å²) in [5.74, 6) is 0. The highest BCUT2D eigenvalue weighted by Crippen LogP contribution is 2.22. The van der Waals surface area contributed by atoms with Gasteiger partial charge in [-0.3, -0.25) is 4.90 Å². The average Bonchev–Trinajstić information content (AvgIpc) is 2.53. The van der Waals surface area contributed by atoms with Crippen molar-refractivity contribution in [2.24, 2.45) is 5.73 Å². The van der Waals surface area contributed by atoms with E-state index >= 15 is 0 Å². The Morgan fingerprint density at radius 3 is 2.86 bits per heavy atom. The van der Waals surface area contributed by atoms with Gasteiger partial charge in [0.1, 0.15) is 0 Å². The first-order valence-electron chi connectivity index (χ1n) is 8.10. The third-order valence-electron chi connectivity index (χ3n) is 4.34. The van der Waals surface area contributed by atoms with Crippen LogP contribution >= 0.6 is 0 Å². The molecular formula is C18H29N3. The average molecular weight is 287 g/mol. The van der Waals surface area contributed by atoms with Crippen LogP contribution < -0.4 is 11.1 Å². The van der Waals surface area contributed by atoms with Crippen LogP contribution in [0.4, 0.5) is 0 Å². The zero-order valence-electron chi connectivity index (χ0n) is 13.2. The topological polar surface area (TPSA) is 41.3 Å². The summed E-state index contributed by atoms with van der Waals surface area (Å²) >= 11 is 0. The molecule has 0 amide bonds. The first kappa shape index (κ1) is 16.2. The minimum Gasteiger partial charge on any atom is -0.329 e. The first-order valence-corrected chi connectivity index (χ1v) is 8.10. The van der Waals surface area contributed by atoms with E-state index in [-0.39, 0.29) is 5.54 Å². The van der Waals surface area contributed by atoms with Gasteiger partial charge in [-0.1, -0.05) is 42.5 Å². The van der Waals surface area contributed by atoms with E-state index in [1.54, 1.807) is 0 Å². The van der Waals surface area contributed by atoms with Crippen molar-refractivity contribution in [1.29, 1.82) is 0 Å².